The average Bonchev–Trinajstić information content (AvgIpc) is 2.86. The number of hydrogen-bond acceptors (Lipinski definition) is 3. The van der Waals surface area contributed by atoms with Gasteiger partial charge in [0.05, 0.1) is 18.1 Å². The lowest BCUT2D eigenvalue weighted by molar-refractivity contribution is 0.100. The summed E-state index contributed by atoms with van der Waals surface area (Å²) in [4.78, 5) is 4.13. The van der Waals surface area contributed by atoms with Crippen LogP contribution in [0.2, 0.25) is 0 Å². The second-order valence-electron chi connectivity index (χ2n) is 4.22. The first-order valence-electron chi connectivity index (χ1n) is 5.64. The fourth-order valence-corrected chi connectivity index (χ4v) is 2.05. The van der Waals surface area contributed by atoms with Gasteiger partial charge in [-0.2, -0.15) is 0 Å². The molecular formula is C11H19N3O. The van der Waals surface area contributed by atoms with Gasteiger partial charge in [-0.25, -0.2) is 4.98 Å². The summed E-state index contributed by atoms with van der Waals surface area (Å²) in [7, 11) is 0. The maximum absolute atomic E-state index is 5.85. The van der Waals surface area contributed by atoms with Crippen LogP contribution in [-0.4, -0.2) is 22.3 Å². The Balaban J connectivity index is 1.89. The molecule has 4 heteroatoms. The smallest absolute Gasteiger partial charge is 0.0948 e. The minimum absolute atomic E-state index is 0.0528. The molecule has 0 bridgehead atoms. The Morgan fingerprint density at radius 2 is 2.60 bits per heavy atom. The quantitative estimate of drug-likeness (QED) is 0.817. The largest absolute Gasteiger partial charge is 0.378 e. The molecule has 1 fully saturated rings. The zero-order valence-electron chi connectivity index (χ0n) is 9.22. The van der Waals surface area contributed by atoms with Gasteiger partial charge in [-0.05, 0) is 26.2 Å². The molecule has 0 saturated carbocycles. The van der Waals surface area contributed by atoms with Crippen molar-refractivity contribution >= 4 is 0 Å². The first-order chi connectivity index (χ1) is 7.27. The fraction of sp³-hybridized carbons (Fsp3) is 0.727. The van der Waals surface area contributed by atoms with Crippen molar-refractivity contribution in [2.24, 2.45) is 5.73 Å². The van der Waals surface area contributed by atoms with E-state index in [9.17, 15) is 0 Å². The lowest BCUT2D eigenvalue weighted by Gasteiger charge is -2.13. The SMILES string of the molecule is C[C@@H](N)c1cncn1CCC1CCCO1. The molecule has 4 nitrogen and oxygen atoms in total. The molecule has 1 saturated heterocycles. The van der Waals surface area contributed by atoms with E-state index in [-0.39, 0.29) is 6.04 Å². The highest BCUT2D eigenvalue weighted by Crippen LogP contribution is 2.17. The Labute approximate surface area is 90.4 Å². The Hall–Kier alpha value is -0.870. The second-order valence-corrected chi connectivity index (χ2v) is 4.22. The van der Waals surface area contributed by atoms with E-state index in [1.54, 1.807) is 0 Å². The summed E-state index contributed by atoms with van der Waals surface area (Å²) in [5, 5.41) is 0. The van der Waals surface area contributed by atoms with Crippen molar-refractivity contribution in [3.05, 3.63) is 18.2 Å². The predicted molar refractivity (Wildman–Crippen MR) is 58.4 cm³/mol. The Morgan fingerprint density at radius 1 is 1.73 bits per heavy atom. The van der Waals surface area contributed by atoms with E-state index in [0.717, 1.165) is 25.3 Å². The van der Waals surface area contributed by atoms with Crippen LogP contribution in [0.15, 0.2) is 12.5 Å². The van der Waals surface area contributed by atoms with Crippen LogP contribution >= 0.6 is 0 Å². The molecule has 84 valence electrons. The number of rotatable bonds is 4. The fourth-order valence-electron chi connectivity index (χ4n) is 2.05. The van der Waals surface area contributed by atoms with Gasteiger partial charge in [0.2, 0.25) is 0 Å². The highest BCUT2D eigenvalue weighted by molar-refractivity contribution is 5.03. The summed E-state index contributed by atoms with van der Waals surface area (Å²) in [6.07, 6.45) is 7.61. The van der Waals surface area contributed by atoms with Crippen LogP contribution in [0.1, 0.15) is 37.9 Å². The Morgan fingerprint density at radius 3 is 3.27 bits per heavy atom. The van der Waals surface area contributed by atoms with Crippen LogP contribution in [0.4, 0.5) is 0 Å². The van der Waals surface area contributed by atoms with Gasteiger partial charge in [0.15, 0.2) is 0 Å². The molecule has 1 aromatic rings. The molecule has 1 aliphatic heterocycles. The third-order valence-corrected chi connectivity index (χ3v) is 2.93. The average molecular weight is 209 g/mol. The van der Waals surface area contributed by atoms with E-state index >= 15 is 0 Å². The number of aryl methyl sites for hydroxylation is 1. The molecule has 2 rings (SSSR count). The molecule has 2 atom stereocenters. The van der Waals surface area contributed by atoms with Crippen LogP contribution in [-0.2, 0) is 11.3 Å². The van der Waals surface area contributed by atoms with Crippen molar-refractivity contribution in [1.82, 2.24) is 9.55 Å². The van der Waals surface area contributed by atoms with Gasteiger partial charge in [-0.3, -0.25) is 0 Å². The molecule has 0 aliphatic carbocycles. The summed E-state index contributed by atoms with van der Waals surface area (Å²) in [5.74, 6) is 0. The minimum Gasteiger partial charge on any atom is -0.378 e. The summed E-state index contributed by atoms with van der Waals surface area (Å²) in [6, 6.07) is 0.0528. The van der Waals surface area contributed by atoms with E-state index in [0.29, 0.717) is 6.10 Å². The van der Waals surface area contributed by atoms with Crippen molar-refractivity contribution in [1.29, 1.82) is 0 Å². The van der Waals surface area contributed by atoms with Gasteiger partial charge in [0, 0.05) is 25.4 Å². The first-order valence-corrected chi connectivity index (χ1v) is 5.64. The van der Waals surface area contributed by atoms with E-state index in [4.69, 9.17) is 10.5 Å². The molecule has 1 aromatic heterocycles. The molecule has 0 radical (unpaired) electrons. The summed E-state index contributed by atoms with van der Waals surface area (Å²) < 4.78 is 7.72. The molecule has 2 N–H and O–H groups in total. The lowest BCUT2D eigenvalue weighted by atomic mass is 10.2. The zero-order chi connectivity index (χ0) is 10.7. The molecular weight excluding hydrogens is 190 g/mol. The molecule has 1 aliphatic rings. The predicted octanol–water partition coefficient (Wildman–Crippen LogP) is 1.47. The molecule has 0 amide bonds. The maximum Gasteiger partial charge on any atom is 0.0948 e. The van der Waals surface area contributed by atoms with E-state index in [2.05, 4.69) is 9.55 Å². The molecule has 0 aromatic carbocycles. The first kappa shape index (κ1) is 10.6. The Kier molecular flexibility index (Phi) is 3.38. The van der Waals surface area contributed by atoms with Crippen molar-refractivity contribution in [2.45, 2.75) is 44.9 Å². The van der Waals surface area contributed by atoms with Gasteiger partial charge in [0.1, 0.15) is 0 Å². The normalized spacial score (nSPS) is 23.2. The number of nitrogens with zero attached hydrogens (tertiary/aromatic N) is 2. The van der Waals surface area contributed by atoms with Crippen LogP contribution in [0, 0.1) is 0 Å². The van der Waals surface area contributed by atoms with Gasteiger partial charge >= 0.3 is 0 Å². The number of aromatic nitrogens is 2. The van der Waals surface area contributed by atoms with Crippen LogP contribution < -0.4 is 5.73 Å². The third kappa shape index (κ3) is 2.58. The van der Waals surface area contributed by atoms with E-state index in [1.807, 2.05) is 19.4 Å². The lowest BCUT2D eigenvalue weighted by Crippen LogP contribution is -2.15. The van der Waals surface area contributed by atoms with Gasteiger partial charge in [-0.15, -0.1) is 0 Å². The molecule has 2 heterocycles. The Bertz CT molecular complexity index is 303. The van der Waals surface area contributed by atoms with Crippen molar-refractivity contribution in [3.8, 4) is 0 Å². The van der Waals surface area contributed by atoms with Gasteiger partial charge in [0.25, 0.3) is 0 Å². The molecule has 15 heavy (non-hydrogen) atoms. The minimum atomic E-state index is 0.0528. The van der Waals surface area contributed by atoms with E-state index in [1.165, 1.54) is 12.8 Å². The number of hydrogen-bond donors (Lipinski definition) is 1. The van der Waals surface area contributed by atoms with Crippen molar-refractivity contribution in [2.75, 3.05) is 6.61 Å². The highest BCUT2D eigenvalue weighted by Gasteiger charge is 2.16. The standard InChI is InChI=1S/C11H19N3O/c1-9(12)11-7-13-8-14(11)5-4-10-3-2-6-15-10/h7-10H,2-6,12H2,1H3/t9-,10?/m1/s1. The third-order valence-electron chi connectivity index (χ3n) is 2.93. The van der Waals surface area contributed by atoms with Crippen molar-refractivity contribution in [3.63, 3.8) is 0 Å². The monoisotopic (exact) mass is 209 g/mol. The zero-order valence-corrected chi connectivity index (χ0v) is 9.22. The van der Waals surface area contributed by atoms with Crippen molar-refractivity contribution < 1.29 is 4.74 Å². The maximum atomic E-state index is 5.85. The van der Waals surface area contributed by atoms with Gasteiger partial charge in [-0.1, -0.05) is 0 Å². The highest BCUT2D eigenvalue weighted by atomic mass is 16.5. The number of nitrogens with two attached hydrogens (primary N) is 1. The molecule has 1 unspecified atom stereocenters. The van der Waals surface area contributed by atoms with Gasteiger partial charge < -0.3 is 15.0 Å². The topological polar surface area (TPSA) is 53.1 Å². The number of ether oxygens (including phenoxy) is 1. The summed E-state index contributed by atoms with van der Waals surface area (Å²) >= 11 is 0. The van der Waals surface area contributed by atoms with Crippen LogP contribution in [0.5, 0.6) is 0 Å². The van der Waals surface area contributed by atoms with E-state index < -0.39 is 0 Å². The van der Waals surface area contributed by atoms with Crippen LogP contribution in [0.3, 0.4) is 0 Å². The second kappa shape index (κ2) is 4.77. The number of imidazole rings is 1. The van der Waals surface area contributed by atoms with Crippen LogP contribution in [0.25, 0.3) is 0 Å². The molecule has 0 spiro atoms. The summed E-state index contributed by atoms with van der Waals surface area (Å²) in [6.45, 7) is 3.87. The summed E-state index contributed by atoms with van der Waals surface area (Å²) in [5.41, 5.74) is 6.96.